The van der Waals surface area contributed by atoms with Crippen LogP contribution in [0.25, 0.3) is 0 Å². The van der Waals surface area contributed by atoms with E-state index in [0.717, 1.165) is 13.0 Å². The number of amides is 1. The average molecular weight is 210 g/mol. The zero-order valence-electron chi connectivity index (χ0n) is 9.62. The number of hydrogen-bond acceptors (Lipinski definition) is 3. The number of carbonyl (C=O) groups excluding carboxylic acids is 1. The second-order valence-corrected chi connectivity index (χ2v) is 4.55. The summed E-state index contributed by atoms with van der Waals surface area (Å²) in [6, 6.07) is 0. The lowest BCUT2D eigenvalue weighted by Gasteiger charge is -2.29. The second kappa shape index (κ2) is 4.54. The van der Waals surface area contributed by atoms with Gasteiger partial charge in [-0.05, 0) is 27.2 Å². The number of ether oxygens (including phenoxy) is 1. The van der Waals surface area contributed by atoms with Gasteiger partial charge in [0.1, 0.15) is 5.60 Å². The van der Waals surface area contributed by atoms with Crippen LogP contribution in [0.1, 0.15) is 27.2 Å². The quantitative estimate of drug-likeness (QED) is 0.614. The summed E-state index contributed by atoms with van der Waals surface area (Å²) in [6.07, 6.45) is 5.86. The van der Waals surface area contributed by atoms with Crippen molar-refractivity contribution in [1.29, 1.82) is 0 Å². The lowest BCUT2D eigenvalue weighted by Crippen LogP contribution is -2.44. The number of nitrogens with zero attached hydrogens (tertiary/aromatic N) is 2. The molecule has 1 saturated heterocycles. The molecule has 0 aromatic carbocycles. The van der Waals surface area contributed by atoms with E-state index >= 15 is 0 Å². The van der Waals surface area contributed by atoms with Crippen LogP contribution in [0.15, 0.2) is 0 Å². The van der Waals surface area contributed by atoms with Gasteiger partial charge < -0.3 is 4.74 Å². The predicted octanol–water partition coefficient (Wildman–Crippen LogP) is 1.48. The number of hydrogen-bond donors (Lipinski definition) is 0. The summed E-state index contributed by atoms with van der Waals surface area (Å²) in [4.78, 5) is 11.7. The first-order valence-corrected chi connectivity index (χ1v) is 5.13. The Morgan fingerprint density at radius 3 is 2.67 bits per heavy atom. The van der Waals surface area contributed by atoms with E-state index in [-0.39, 0.29) is 6.09 Å². The van der Waals surface area contributed by atoms with Crippen molar-refractivity contribution in [2.24, 2.45) is 0 Å². The molecule has 0 unspecified atom stereocenters. The Labute approximate surface area is 91.1 Å². The Balaban J connectivity index is 2.56. The highest BCUT2D eigenvalue weighted by atomic mass is 16.6. The summed E-state index contributed by atoms with van der Waals surface area (Å²) >= 11 is 0. The van der Waals surface area contributed by atoms with Gasteiger partial charge in [0, 0.05) is 13.1 Å². The highest BCUT2D eigenvalue weighted by Gasteiger charge is 2.29. The highest BCUT2D eigenvalue weighted by molar-refractivity contribution is 5.67. The van der Waals surface area contributed by atoms with Crippen molar-refractivity contribution < 1.29 is 9.53 Å². The largest absolute Gasteiger partial charge is 0.443 e. The minimum atomic E-state index is -0.457. The first kappa shape index (κ1) is 11.9. The molecule has 1 amide bonds. The Morgan fingerprint density at radius 1 is 1.47 bits per heavy atom. The van der Waals surface area contributed by atoms with Crippen LogP contribution in [0.2, 0.25) is 0 Å². The van der Waals surface area contributed by atoms with Crippen molar-refractivity contribution in [3.8, 4) is 12.3 Å². The maximum atomic E-state index is 11.7. The molecular formula is C11H18N2O2. The van der Waals surface area contributed by atoms with Crippen LogP contribution in [-0.4, -0.2) is 41.3 Å². The van der Waals surface area contributed by atoms with E-state index in [2.05, 4.69) is 5.92 Å². The maximum absolute atomic E-state index is 11.7. The van der Waals surface area contributed by atoms with Crippen LogP contribution >= 0.6 is 0 Å². The lowest BCUT2D eigenvalue weighted by atomic mass is 10.2. The minimum Gasteiger partial charge on any atom is -0.443 e. The van der Waals surface area contributed by atoms with Gasteiger partial charge >= 0.3 is 6.09 Å². The Kier molecular flexibility index (Phi) is 3.59. The molecular weight excluding hydrogens is 192 g/mol. The van der Waals surface area contributed by atoms with Gasteiger partial charge in [-0.15, -0.1) is 6.42 Å². The third-order valence-electron chi connectivity index (χ3n) is 2.01. The molecule has 15 heavy (non-hydrogen) atoms. The fraction of sp³-hybridized carbons (Fsp3) is 0.727. The third-order valence-corrected chi connectivity index (χ3v) is 2.01. The molecule has 1 aliphatic rings. The summed E-state index contributed by atoms with van der Waals surface area (Å²) in [5, 5.41) is 3.43. The van der Waals surface area contributed by atoms with E-state index in [4.69, 9.17) is 11.2 Å². The second-order valence-electron chi connectivity index (χ2n) is 4.55. The summed E-state index contributed by atoms with van der Waals surface area (Å²) in [5.74, 6) is 2.53. The molecule has 0 aromatic heterocycles. The minimum absolute atomic E-state index is 0.310. The van der Waals surface area contributed by atoms with Crippen LogP contribution in [0.3, 0.4) is 0 Å². The molecule has 0 N–H and O–H groups in total. The summed E-state index contributed by atoms with van der Waals surface area (Å²) in [6.45, 7) is 7.53. The standard InChI is InChI=1S/C11H18N2O2/c1-5-7-12-8-6-9-13(12)10(14)15-11(2,3)4/h1H,6-9H2,2-4H3. The number of hydrazine groups is 1. The molecule has 0 aromatic rings. The molecule has 84 valence electrons. The van der Waals surface area contributed by atoms with Gasteiger partial charge in [-0.3, -0.25) is 0 Å². The van der Waals surface area contributed by atoms with Crippen LogP contribution in [0, 0.1) is 12.3 Å². The van der Waals surface area contributed by atoms with Gasteiger partial charge in [0.2, 0.25) is 0 Å². The lowest BCUT2D eigenvalue weighted by molar-refractivity contribution is -0.0210. The molecule has 1 fully saturated rings. The Hall–Kier alpha value is -1.21. The molecule has 0 saturated carbocycles. The fourth-order valence-corrected chi connectivity index (χ4v) is 1.46. The molecule has 0 aliphatic carbocycles. The maximum Gasteiger partial charge on any atom is 0.425 e. The molecule has 0 spiro atoms. The predicted molar refractivity (Wildman–Crippen MR) is 58.0 cm³/mol. The zero-order valence-corrected chi connectivity index (χ0v) is 9.62. The van der Waals surface area contributed by atoms with Gasteiger partial charge in [0.25, 0.3) is 0 Å². The van der Waals surface area contributed by atoms with Crippen LogP contribution < -0.4 is 0 Å². The van der Waals surface area contributed by atoms with Gasteiger partial charge in [0.05, 0.1) is 6.54 Å². The molecule has 0 radical (unpaired) electrons. The first-order valence-electron chi connectivity index (χ1n) is 5.13. The van der Waals surface area contributed by atoms with E-state index in [1.807, 2.05) is 25.8 Å². The van der Waals surface area contributed by atoms with Crippen molar-refractivity contribution in [3.63, 3.8) is 0 Å². The van der Waals surface area contributed by atoms with Gasteiger partial charge in [-0.1, -0.05) is 5.92 Å². The highest BCUT2D eigenvalue weighted by Crippen LogP contribution is 2.15. The topological polar surface area (TPSA) is 32.8 Å². The van der Waals surface area contributed by atoms with E-state index in [9.17, 15) is 4.79 Å². The Morgan fingerprint density at radius 2 is 2.13 bits per heavy atom. The summed E-state index contributed by atoms with van der Waals surface area (Å²) < 4.78 is 5.27. The molecule has 4 nitrogen and oxygen atoms in total. The Bertz CT molecular complexity index is 275. The SMILES string of the molecule is C#CCN1CCCN1C(=O)OC(C)(C)C. The molecule has 4 heteroatoms. The average Bonchev–Trinajstić information content (AvgIpc) is 2.49. The molecule has 1 heterocycles. The number of rotatable bonds is 1. The smallest absolute Gasteiger partial charge is 0.425 e. The van der Waals surface area contributed by atoms with Gasteiger partial charge in [-0.25, -0.2) is 14.8 Å². The fourth-order valence-electron chi connectivity index (χ4n) is 1.46. The molecule has 1 rings (SSSR count). The van der Waals surface area contributed by atoms with Crippen molar-refractivity contribution in [2.75, 3.05) is 19.6 Å². The zero-order chi connectivity index (χ0) is 11.5. The summed E-state index contributed by atoms with van der Waals surface area (Å²) in [5.41, 5.74) is -0.457. The number of terminal acetylenes is 1. The molecule has 0 atom stereocenters. The van der Waals surface area contributed by atoms with Crippen molar-refractivity contribution in [2.45, 2.75) is 32.8 Å². The van der Waals surface area contributed by atoms with Crippen LogP contribution in [0.5, 0.6) is 0 Å². The summed E-state index contributed by atoms with van der Waals surface area (Å²) in [7, 11) is 0. The van der Waals surface area contributed by atoms with Crippen molar-refractivity contribution in [3.05, 3.63) is 0 Å². The van der Waals surface area contributed by atoms with E-state index < -0.39 is 5.60 Å². The van der Waals surface area contributed by atoms with Crippen molar-refractivity contribution in [1.82, 2.24) is 10.0 Å². The van der Waals surface area contributed by atoms with E-state index in [1.54, 1.807) is 5.01 Å². The third kappa shape index (κ3) is 3.45. The van der Waals surface area contributed by atoms with E-state index in [1.165, 1.54) is 0 Å². The van der Waals surface area contributed by atoms with Gasteiger partial charge in [-0.2, -0.15) is 0 Å². The molecule has 1 aliphatic heterocycles. The van der Waals surface area contributed by atoms with Crippen LogP contribution in [-0.2, 0) is 4.74 Å². The molecule has 0 bridgehead atoms. The normalized spacial score (nSPS) is 17.6. The first-order chi connectivity index (χ1) is 6.94. The number of carbonyl (C=O) groups is 1. The van der Waals surface area contributed by atoms with E-state index in [0.29, 0.717) is 13.1 Å². The monoisotopic (exact) mass is 210 g/mol. The van der Waals surface area contributed by atoms with Crippen LogP contribution in [0.4, 0.5) is 4.79 Å². The van der Waals surface area contributed by atoms with Gasteiger partial charge in [0.15, 0.2) is 0 Å². The van der Waals surface area contributed by atoms with Crippen molar-refractivity contribution >= 4 is 6.09 Å².